The zero-order valence-corrected chi connectivity index (χ0v) is 8.91. The molecule has 0 atom stereocenters. The van der Waals surface area contributed by atoms with Gasteiger partial charge in [0.15, 0.2) is 5.82 Å². The van der Waals surface area contributed by atoms with E-state index in [1.165, 1.54) is 0 Å². The molecular weight excluding hydrogens is 214 g/mol. The molecule has 1 aromatic carbocycles. The van der Waals surface area contributed by atoms with Crippen LogP contribution in [0.1, 0.15) is 5.82 Å². The van der Waals surface area contributed by atoms with Crippen LogP contribution in [0.3, 0.4) is 0 Å². The molecule has 0 aliphatic heterocycles. The molecule has 5 heteroatoms. The minimum absolute atomic E-state index is 0. The van der Waals surface area contributed by atoms with Crippen molar-refractivity contribution in [1.29, 1.82) is 0 Å². The van der Waals surface area contributed by atoms with E-state index in [1.54, 1.807) is 0 Å². The Balaban J connectivity index is 0.00000112. The van der Waals surface area contributed by atoms with Crippen LogP contribution in [0.2, 0.25) is 0 Å². The minimum atomic E-state index is 0. The molecule has 0 bridgehead atoms. The second kappa shape index (κ2) is 5.48. The van der Waals surface area contributed by atoms with E-state index in [0.717, 1.165) is 5.56 Å². The van der Waals surface area contributed by atoms with Crippen LogP contribution in [0.4, 0.5) is 0 Å². The van der Waals surface area contributed by atoms with E-state index in [2.05, 4.69) is 10.1 Å². The number of rotatable bonds is 3. The summed E-state index contributed by atoms with van der Waals surface area (Å²) in [6.07, 6.45) is 0.649. The number of nitrogens with two attached hydrogens (primary N) is 1. The van der Waals surface area contributed by atoms with Crippen molar-refractivity contribution in [2.24, 2.45) is 5.73 Å². The molecule has 2 aromatic rings. The number of halogens is 1. The molecule has 15 heavy (non-hydrogen) atoms. The first kappa shape index (κ1) is 11.7. The number of aromatic nitrogens is 2. The second-order valence-electron chi connectivity index (χ2n) is 2.92. The summed E-state index contributed by atoms with van der Waals surface area (Å²) in [7, 11) is 0. The Hall–Kier alpha value is -1.39. The predicted molar refractivity (Wildman–Crippen MR) is 59.7 cm³/mol. The van der Waals surface area contributed by atoms with Crippen LogP contribution < -0.4 is 5.73 Å². The van der Waals surface area contributed by atoms with E-state index in [4.69, 9.17) is 10.3 Å². The SMILES string of the molecule is Cl.NCCc1noc(-c2ccccc2)n1. The van der Waals surface area contributed by atoms with Gasteiger partial charge in [0.2, 0.25) is 0 Å². The smallest absolute Gasteiger partial charge is 0.257 e. The van der Waals surface area contributed by atoms with Crippen molar-refractivity contribution < 1.29 is 4.52 Å². The number of benzene rings is 1. The van der Waals surface area contributed by atoms with Gasteiger partial charge < -0.3 is 10.3 Å². The van der Waals surface area contributed by atoms with Gasteiger partial charge in [0.25, 0.3) is 5.89 Å². The molecule has 4 nitrogen and oxygen atoms in total. The summed E-state index contributed by atoms with van der Waals surface area (Å²) in [6.45, 7) is 0.535. The quantitative estimate of drug-likeness (QED) is 0.863. The van der Waals surface area contributed by atoms with E-state index in [9.17, 15) is 0 Å². The Bertz CT molecular complexity index is 402. The van der Waals surface area contributed by atoms with E-state index in [1.807, 2.05) is 30.3 Å². The van der Waals surface area contributed by atoms with Crippen molar-refractivity contribution in [3.63, 3.8) is 0 Å². The molecule has 0 saturated heterocycles. The second-order valence-corrected chi connectivity index (χ2v) is 2.92. The van der Waals surface area contributed by atoms with Crippen LogP contribution in [-0.2, 0) is 6.42 Å². The Morgan fingerprint density at radius 3 is 2.60 bits per heavy atom. The van der Waals surface area contributed by atoms with E-state index >= 15 is 0 Å². The highest BCUT2D eigenvalue weighted by Gasteiger charge is 2.06. The normalized spacial score (nSPS) is 9.67. The van der Waals surface area contributed by atoms with Gasteiger partial charge in [-0.1, -0.05) is 23.4 Å². The molecule has 0 saturated carbocycles. The third kappa shape index (κ3) is 2.78. The summed E-state index contributed by atoms with van der Waals surface area (Å²) in [5.41, 5.74) is 6.32. The average molecular weight is 226 g/mol. The third-order valence-corrected chi connectivity index (χ3v) is 1.86. The zero-order chi connectivity index (χ0) is 9.80. The van der Waals surface area contributed by atoms with Crippen LogP contribution in [0.25, 0.3) is 11.5 Å². The molecule has 0 aliphatic rings. The van der Waals surface area contributed by atoms with Crippen LogP contribution >= 0.6 is 12.4 Å². The number of hydrogen-bond donors (Lipinski definition) is 1. The first-order valence-corrected chi connectivity index (χ1v) is 4.48. The Morgan fingerprint density at radius 2 is 1.93 bits per heavy atom. The molecule has 0 unspecified atom stereocenters. The van der Waals surface area contributed by atoms with Gasteiger partial charge in [0.1, 0.15) is 0 Å². The summed E-state index contributed by atoms with van der Waals surface area (Å²) < 4.78 is 5.09. The lowest BCUT2D eigenvalue weighted by atomic mass is 10.2. The molecule has 2 N–H and O–H groups in total. The van der Waals surface area contributed by atoms with Gasteiger partial charge in [-0.3, -0.25) is 0 Å². The highest BCUT2D eigenvalue weighted by Crippen LogP contribution is 2.15. The summed E-state index contributed by atoms with van der Waals surface area (Å²) in [6, 6.07) is 9.67. The lowest BCUT2D eigenvalue weighted by Crippen LogP contribution is -2.03. The van der Waals surface area contributed by atoms with Crippen molar-refractivity contribution in [2.45, 2.75) is 6.42 Å². The third-order valence-electron chi connectivity index (χ3n) is 1.86. The average Bonchev–Trinajstić information content (AvgIpc) is 2.68. The predicted octanol–water partition coefficient (Wildman–Crippen LogP) is 1.66. The molecule has 2 rings (SSSR count). The van der Waals surface area contributed by atoms with Crippen LogP contribution in [0, 0.1) is 0 Å². The van der Waals surface area contributed by atoms with Crippen molar-refractivity contribution >= 4 is 12.4 Å². The lowest BCUT2D eigenvalue weighted by Gasteiger charge is -1.90. The zero-order valence-electron chi connectivity index (χ0n) is 8.09. The van der Waals surface area contributed by atoms with Crippen molar-refractivity contribution in [1.82, 2.24) is 10.1 Å². The Labute approximate surface area is 93.9 Å². The molecule has 1 aromatic heterocycles. The molecule has 80 valence electrons. The monoisotopic (exact) mass is 225 g/mol. The topological polar surface area (TPSA) is 64.9 Å². The molecule has 0 radical (unpaired) electrons. The van der Waals surface area contributed by atoms with Gasteiger partial charge in [0.05, 0.1) is 0 Å². The van der Waals surface area contributed by atoms with Crippen LogP contribution in [0.5, 0.6) is 0 Å². The highest BCUT2D eigenvalue weighted by atomic mass is 35.5. The maximum absolute atomic E-state index is 5.39. The molecule has 0 aliphatic carbocycles. The van der Waals surface area contributed by atoms with Gasteiger partial charge in [0, 0.05) is 12.0 Å². The Morgan fingerprint density at radius 1 is 1.20 bits per heavy atom. The number of hydrogen-bond acceptors (Lipinski definition) is 4. The molecule has 0 amide bonds. The maximum Gasteiger partial charge on any atom is 0.257 e. The largest absolute Gasteiger partial charge is 0.334 e. The molecule has 0 fully saturated rings. The first-order valence-electron chi connectivity index (χ1n) is 4.48. The standard InChI is InChI=1S/C10H11N3O.ClH/c11-7-6-9-12-10(14-13-9)8-4-2-1-3-5-8;/h1-5H,6-7,11H2;1H. The van der Waals surface area contributed by atoms with Gasteiger partial charge in [-0.15, -0.1) is 12.4 Å². The Kier molecular flexibility index (Phi) is 4.27. The summed E-state index contributed by atoms with van der Waals surface area (Å²) in [4.78, 5) is 4.21. The molecule has 1 heterocycles. The lowest BCUT2D eigenvalue weighted by molar-refractivity contribution is 0.422. The summed E-state index contributed by atoms with van der Waals surface area (Å²) in [5.74, 6) is 1.21. The van der Waals surface area contributed by atoms with Crippen molar-refractivity contribution in [3.8, 4) is 11.5 Å². The van der Waals surface area contributed by atoms with Crippen molar-refractivity contribution in [3.05, 3.63) is 36.2 Å². The van der Waals surface area contributed by atoms with E-state index in [-0.39, 0.29) is 12.4 Å². The fourth-order valence-electron chi connectivity index (χ4n) is 1.18. The van der Waals surface area contributed by atoms with Crippen molar-refractivity contribution in [2.75, 3.05) is 6.54 Å². The van der Waals surface area contributed by atoms with Crippen LogP contribution in [0.15, 0.2) is 34.9 Å². The molecular formula is C10H12ClN3O. The minimum Gasteiger partial charge on any atom is -0.334 e. The van der Waals surface area contributed by atoms with E-state index < -0.39 is 0 Å². The van der Waals surface area contributed by atoms with Crippen LogP contribution in [-0.4, -0.2) is 16.7 Å². The maximum atomic E-state index is 5.39. The van der Waals surface area contributed by atoms with E-state index in [0.29, 0.717) is 24.7 Å². The first-order chi connectivity index (χ1) is 6.90. The summed E-state index contributed by atoms with van der Waals surface area (Å²) >= 11 is 0. The van der Waals surface area contributed by atoms with Gasteiger partial charge in [-0.2, -0.15) is 4.98 Å². The fraction of sp³-hybridized carbons (Fsp3) is 0.200. The fourth-order valence-corrected chi connectivity index (χ4v) is 1.18. The van der Waals surface area contributed by atoms with Gasteiger partial charge >= 0.3 is 0 Å². The summed E-state index contributed by atoms with van der Waals surface area (Å²) in [5, 5.41) is 3.82. The highest BCUT2D eigenvalue weighted by molar-refractivity contribution is 5.85. The van der Waals surface area contributed by atoms with Gasteiger partial charge in [-0.25, -0.2) is 0 Å². The molecule has 0 spiro atoms. The van der Waals surface area contributed by atoms with Gasteiger partial charge in [-0.05, 0) is 18.7 Å². The number of nitrogens with zero attached hydrogens (tertiary/aromatic N) is 2.